The first-order valence-corrected chi connectivity index (χ1v) is 12.5. The van der Waals surface area contributed by atoms with Crippen LogP contribution in [0.3, 0.4) is 0 Å². The molecular formula is C24H28N4O5S. The fourth-order valence-corrected chi connectivity index (χ4v) is 5.14. The summed E-state index contributed by atoms with van der Waals surface area (Å²) in [6.45, 7) is 5.01. The van der Waals surface area contributed by atoms with Crippen LogP contribution in [0.4, 0.5) is 5.69 Å². The number of carbonyl (C=O) groups excluding carboxylic acids is 2. The number of thioether (sulfide) groups is 1. The van der Waals surface area contributed by atoms with Crippen molar-refractivity contribution in [2.75, 3.05) is 57.2 Å². The third-order valence-corrected chi connectivity index (χ3v) is 7.15. The monoisotopic (exact) mass is 484 g/mol. The van der Waals surface area contributed by atoms with Gasteiger partial charge in [0.15, 0.2) is 11.5 Å². The largest absolute Gasteiger partial charge is 0.454 e. The van der Waals surface area contributed by atoms with E-state index in [4.69, 9.17) is 14.2 Å². The summed E-state index contributed by atoms with van der Waals surface area (Å²) in [6.07, 6.45) is 4.23. The molecule has 1 atom stereocenters. The Morgan fingerprint density at radius 1 is 1.12 bits per heavy atom. The standard InChI is InChI=1S/C24H28N4O5S/c29-22(26-17-5-6-20-21(13-17)33-16-32-20)15-34-23-19(4-1-7-25-23)24(30)28-10-8-27(9-11-28)14-18-3-2-12-31-18/h1,4-7,13,18H,2-3,8-12,14-16H2,(H,26,29). The SMILES string of the molecule is O=C(CSc1ncccc1C(=O)N1CCN(CC2CCCO2)CC1)Nc1ccc2c(c1)OCO2. The number of carbonyl (C=O) groups is 2. The molecule has 1 aromatic carbocycles. The van der Waals surface area contributed by atoms with Crippen LogP contribution in [-0.2, 0) is 9.53 Å². The fraction of sp³-hybridized carbons (Fsp3) is 0.458. The minimum atomic E-state index is -0.185. The maximum atomic E-state index is 13.2. The van der Waals surface area contributed by atoms with E-state index in [1.165, 1.54) is 11.8 Å². The topological polar surface area (TPSA) is 93.2 Å². The van der Waals surface area contributed by atoms with Gasteiger partial charge < -0.3 is 24.4 Å². The van der Waals surface area contributed by atoms with Gasteiger partial charge >= 0.3 is 0 Å². The summed E-state index contributed by atoms with van der Waals surface area (Å²) < 4.78 is 16.4. The van der Waals surface area contributed by atoms with Crippen LogP contribution in [-0.4, -0.2) is 84.6 Å². The van der Waals surface area contributed by atoms with E-state index in [0.29, 0.717) is 47.0 Å². The van der Waals surface area contributed by atoms with Crippen LogP contribution in [0.2, 0.25) is 0 Å². The summed E-state index contributed by atoms with van der Waals surface area (Å²) in [4.78, 5) is 34.3. The fourth-order valence-electron chi connectivity index (χ4n) is 4.35. The number of fused-ring (bicyclic) bond motifs is 1. The molecule has 3 aliphatic rings. The van der Waals surface area contributed by atoms with Gasteiger partial charge in [0, 0.05) is 57.3 Å². The Bertz CT molecular complexity index is 1040. The van der Waals surface area contributed by atoms with E-state index in [-0.39, 0.29) is 24.4 Å². The predicted molar refractivity (Wildman–Crippen MR) is 127 cm³/mol. The summed E-state index contributed by atoms with van der Waals surface area (Å²) in [5.41, 5.74) is 1.17. The highest BCUT2D eigenvalue weighted by Gasteiger charge is 2.27. The van der Waals surface area contributed by atoms with Crippen molar-refractivity contribution in [3.8, 4) is 11.5 Å². The molecule has 0 saturated carbocycles. The van der Waals surface area contributed by atoms with Crippen molar-refractivity contribution in [3.05, 3.63) is 42.1 Å². The van der Waals surface area contributed by atoms with Crippen LogP contribution in [0.25, 0.3) is 0 Å². The van der Waals surface area contributed by atoms with Crippen molar-refractivity contribution < 1.29 is 23.8 Å². The number of anilines is 1. The quantitative estimate of drug-likeness (QED) is 0.600. The highest BCUT2D eigenvalue weighted by Crippen LogP contribution is 2.34. The van der Waals surface area contributed by atoms with E-state index in [1.54, 1.807) is 36.5 Å². The summed E-state index contributed by atoms with van der Waals surface area (Å²) in [6, 6.07) is 8.81. The second-order valence-corrected chi connectivity index (χ2v) is 9.45. The number of piperazine rings is 1. The molecule has 4 heterocycles. The van der Waals surface area contributed by atoms with Crippen LogP contribution in [0.5, 0.6) is 11.5 Å². The zero-order valence-electron chi connectivity index (χ0n) is 18.9. The van der Waals surface area contributed by atoms with Gasteiger partial charge in [0.1, 0.15) is 5.03 Å². The third kappa shape index (κ3) is 5.45. The van der Waals surface area contributed by atoms with Crippen LogP contribution < -0.4 is 14.8 Å². The minimum absolute atomic E-state index is 0.0384. The molecule has 3 aliphatic heterocycles. The van der Waals surface area contributed by atoms with Crippen LogP contribution in [0.15, 0.2) is 41.6 Å². The van der Waals surface area contributed by atoms with Crippen LogP contribution in [0.1, 0.15) is 23.2 Å². The summed E-state index contributed by atoms with van der Waals surface area (Å²) in [5, 5.41) is 3.42. The van der Waals surface area contributed by atoms with Gasteiger partial charge in [-0.25, -0.2) is 4.98 Å². The number of pyridine rings is 1. The average molecular weight is 485 g/mol. The lowest BCUT2D eigenvalue weighted by molar-refractivity contribution is -0.113. The second kappa shape index (κ2) is 10.6. The van der Waals surface area contributed by atoms with E-state index in [2.05, 4.69) is 15.2 Å². The van der Waals surface area contributed by atoms with E-state index in [0.717, 1.165) is 39.1 Å². The van der Waals surface area contributed by atoms with Gasteiger partial charge in [-0.2, -0.15) is 0 Å². The number of nitrogens with zero attached hydrogens (tertiary/aromatic N) is 3. The molecule has 1 aromatic heterocycles. The number of nitrogens with one attached hydrogen (secondary N) is 1. The van der Waals surface area contributed by atoms with Crippen molar-refractivity contribution in [3.63, 3.8) is 0 Å². The third-order valence-electron chi connectivity index (χ3n) is 6.14. The van der Waals surface area contributed by atoms with E-state index >= 15 is 0 Å². The lowest BCUT2D eigenvalue weighted by Gasteiger charge is -2.35. The number of hydrogen-bond acceptors (Lipinski definition) is 8. The Morgan fingerprint density at radius 3 is 2.79 bits per heavy atom. The Balaban J connectivity index is 1.14. The minimum Gasteiger partial charge on any atom is -0.454 e. The number of ether oxygens (including phenoxy) is 3. The Labute approximate surface area is 202 Å². The molecular weight excluding hydrogens is 456 g/mol. The van der Waals surface area contributed by atoms with Crippen molar-refractivity contribution in [2.45, 2.75) is 24.0 Å². The molecule has 0 spiro atoms. The Morgan fingerprint density at radius 2 is 1.97 bits per heavy atom. The van der Waals surface area contributed by atoms with Gasteiger partial charge in [-0.1, -0.05) is 11.8 Å². The molecule has 180 valence electrons. The lowest BCUT2D eigenvalue weighted by Crippen LogP contribution is -2.50. The Hall–Kier alpha value is -2.82. The maximum absolute atomic E-state index is 13.2. The van der Waals surface area contributed by atoms with Crippen LogP contribution in [0, 0.1) is 0 Å². The highest BCUT2D eigenvalue weighted by atomic mass is 32.2. The highest BCUT2D eigenvalue weighted by molar-refractivity contribution is 8.00. The number of amides is 2. The Kier molecular flexibility index (Phi) is 7.17. The van der Waals surface area contributed by atoms with Gasteiger partial charge in [-0.15, -0.1) is 0 Å². The molecule has 2 fully saturated rings. The molecule has 34 heavy (non-hydrogen) atoms. The summed E-state index contributed by atoms with van der Waals surface area (Å²) in [7, 11) is 0. The zero-order chi connectivity index (χ0) is 23.3. The lowest BCUT2D eigenvalue weighted by atomic mass is 10.2. The van der Waals surface area contributed by atoms with Crippen molar-refractivity contribution in [1.29, 1.82) is 0 Å². The maximum Gasteiger partial charge on any atom is 0.256 e. The van der Waals surface area contributed by atoms with E-state index in [9.17, 15) is 9.59 Å². The van der Waals surface area contributed by atoms with Crippen molar-refractivity contribution in [2.24, 2.45) is 0 Å². The molecule has 2 aromatic rings. The molecule has 2 saturated heterocycles. The molecule has 10 heteroatoms. The normalized spacial score (nSPS) is 19.9. The molecule has 9 nitrogen and oxygen atoms in total. The molecule has 0 radical (unpaired) electrons. The zero-order valence-corrected chi connectivity index (χ0v) is 19.7. The van der Waals surface area contributed by atoms with Crippen LogP contribution >= 0.6 is 11.8 Å². The first-order valence-electron chi connectivity index (χ1n) is 11.6. The number of hydrogen-bond donors (Lipinski definition) is 1. The smallest absolute Gasteiger partial charge is 0.256 e. The molecule has 5 rings (SSSR count). The van der Waals surface area contributed by atoms with Gasteiger partial charge in [0.25, 0.3) is 5.91 Å². The first-order chi connectivity index (χ1) is 16.7. The van der Waals surface area contributed by atoms with Crippen molar-refractivity contribution in [1.82, 2.24) is 14.8 Å². The van der Waals surface area contributed by atoms with Crippen molar-refractivity contribution >= 4 is 29.3 Å². The second-order valence-electron chi connectivity index (χ2n) is 8.49. The number of rotatable bonds is 7. The molecule has 0 aliphatic carbocycles. The first kappa shape index (κ1) is 22.9. The number of aromatic nitrogens is 1. The van der Waals surface area contributed by atoms with Gasteiger partial charge in [-0.3, -0.25) is 14.5 Å². The molecule has 1 unspecified atom stereocenters. The molecule has 0 bridgehead atoms. The summed E-state index contributed by atoms with van der Waals surface area (Å²) >= 11 is 1.26. The van der Waals surface area contributed by atoms with Gasteiger partial charge in [0.05, 0.1) is 17.4 Å². The van der Waals surface area contributed by atoms with Gasteiger partial charge in [0.2, 0.25) is 12.7 Å². The average Bonchev–Trinajstić information content (AvgIpc) is 3.55. The predicted octanol–water partition coefficient (Wildman–Crippen LogP) is 2.48. The molecule has 2 amide bonds. The number of benzene rings is 1. The summed E-state index contributed by atoms with van der Waals surface area (Å²) in [5.74, 6) is 1.19. The van der Waals surface area contributed by atoms with E-state index in [1.807, 2.05) is 4.90 Å². The molecule has 1 N–H and O–H groups in total. The van der Waals surface area contributed by atoms with E-state index < -0.39 is 0 Å². The van der Waals surface area contributed by atoms with Gasteiger partial charge in [-0.05, 0) is 37.1 Å².